The highest BCUT2D eigenvalue weighted by Crippen LogP contribution is 2.16. The van der Waals surface area contributed by atoms with Crippen molar-refractivity contribution in [1.29, 1.82) is 0 Å². The van der Waals surface area contributed by atoms with Gasteiger partial charge < -0.3 is 15.5 Å². The van der Waals surface area contributed by atoms with Crippen molar-refractivity contribution in [3.05, 3.63) is 60.8 Å². The molecule has 0 bridgehead atoms. The Bertz CT molecular complexity index is 858. The van der Waals surface area contributed by atoms with Crippen LogP contribution in [0.3, 0.4) is 0 Å². The van der Waals surface area contributed by atoms with E-state index in [1.807, 2.05) is 0 Å². The number of amides is 1. The number of unbranched alkanes of at least 4 members (excludes halogenated alkanes) is 22. The summed E-state index contributed by atoms with van der Waals surface area (Å²) < 4.78 is 0. The molecular weight excluding hydrogens is 627 g/mol. The molecular formula is C47H85NO3. The van der Waals surface area contributed by atoms with Crippen LogP contribution < -0.4 is 5.32 Å². The van der Waals surface area contributed by atoms with Gasteiger partial charge in [-0.05, 0) is 51.4 Å². The van der Waals surface area contributed by atoms with Gasteiger partial charge >= 0.3 is 0 Å². The van der Waals surface area contributed by atoms with Crippen LogP contribution in [-0.2, 0) is 4.79 Å². The van der Waals surface area contributed by atoms with Gasteiger partial charge in [-0.3, -0.25) is 4.79 Å². The summed E-state index contributed by atoms with van der Waals surface area (Å²) in [7, 11) is 0. The zero-order chi connectivity index (χ0) is 37.1. The fourth-order valence-corrected chi connectivity index (χ4v) is 6.45. The van der Waals surface area contributed by atoms with Crippen molar-refractivity contribution in [3.63, 3.8) is 0 Å². The second-order valence-electron chi connectivity index (χ2n) is 14.7. The largest absolute Gasteiger partial charge is 0.394 e. The van der Waals surface area contributed by atoms with Crippen molar-refractivity contribution in [3.8, 4) is 0 Å². The van der Waals surface area contributed by atoms with Crippen molar-refractivity contribution in [1.82, 2.24) is 5.32 Å². The highest BCUT2D eigenvalue weighted by atomic mass is 16.3. The van der Waals surface area contributed by atoms with Crippen LogP contribution in [0.25, 0.3) is 0 Å². The van der Waals surface area contributed by atoms with Crippen LogP contribution in [0.2, 0.25) is 0 Å². The van der Waals surface area contributed by atoms with E-state index < -0.39 is 12.1 Å². The first-order valence-corrected chi connectivity index (χ1v) is 22.0. The molecule has 2 atom stereocenters. The normalized spacial score (nSPS) is 13.6. The minimum Gasteiger partial charge on any atom is -0.394 e. The monoisotopic (exact) mass is 712 g/mol. The van der Waals surface area contributed by atoms with Gasteiger partial charge in [-0.1, -0.05) is 216 Å². The SMILES string of the molecule is CC/C=C\C/C=C\C/C=C\C/C=C\C/C=C\CCCC(=O)NC(CO)C(O)CCCCCCCCCCCCCCCCCCCCCCCC. The Labute approximate surface area is 317 Å². The van der Waals surface area contributed by atoms with E-state index >= 15 is 0 Å². The predicted molar refractivity (Wildman–Crippen MR) is 225 cm³/mol. The van der Waals surface area contributed by atoms with Crippen molar-refractivity contribution in [2.24, 2.45) is 0 Å². The van der Waals surface area contributed by atoms with Gasteiger partial charge in [0.25, 0.3) is 0 Å². The molecule has 2 unspecified atom stereocenters. The highest BCUT2D eigenvalue weighted by Gasteiger charge is 2.19. The van der Waals surface area contributed by atoms with E-state index in [2.05, 4.69) is 79.9 Å². The summed E-state index contributed by atoms with van der Waals surface area (Å²) in [6.45, 7) is 4.22. The van der Waals surface area contributed by atoms with Gasteiger partial charge in [0, 0.05) is 6.42 Å². The molecule has 296 valence electrons. The third-order valence-corrected chi connectivity index (χ3v) is 9.79. The summed E-state index contributed by atoms with van der Waals surface area (Å²) in [5, 5.41) is 23.1. The summed E-state index contributed by atoms with van der Waals surface area (Å²) >= 11 is 0. The highest BCUT2D eigenvalue weighted by molar-refractivity contribution is 5.76. The first-order valence-electron chi connectivity index (χ1n) is 22.0. The first-order chi connectivity index (χ1) is 25.2. The predicted octanol–water partition coefficient (Wildman–Crippen LogP) is 13.7. The van der Waals surface area contributed by atoms with Crippen molar-refractivity contribution in [2.75, 3.05) is 6.61 Å². The van der Waals surface area contributed by atoms with Gasteiger partial charge in [0.1, 0.15) is 0 Å². The number of hydrogen-bond donors (Lipinski definition) is 3. The minimum absolute atomic E-state index is 0.0884. The quantitative estimate of drug-likeness (QED) is 0.0439. The standard InChI is InChI=1S/C47H85NO3/c1-3-5-7-9-11-13-15-17-19-21-22-23-24-25-27-28-30-32-34-36-38-40-42-46(50)45(44-49)48-47(51)43-41-39-37-35-33-31-29-26-20-18-16-14-12-10-8-6-4-2/h6,8,12,14,18,20,29,31,35,37,45-46,49-50H,3-5,7,9-11,13,15-17,19,21-28,30,32-34,36,38-44H2,1-2H3,(H,48,51)/b8-6-,14-12-,20-18-,31-29-,37-35-. The Morgan fingerprint density at radius 2 is 0.843 bits per heavy atom. The molecule has 1 amide bonds. The number of carbonyl (C=O) groups excluding carboxylic acids is 1. The molecule has 3 N–H and O–H groups in total. The summed E-state index contributed by atoms with van der Waals surface area (Å²) in [4.78, 5) is 12.4. The molecule has 0 saturated heterocycles. The number of nitrogens with one attached hydrogen (secondary N) is 1. The van der Waals surface area contributed by atoms with Crippen LogP contribution >= 0.6 is 0 Å². The third-order valence-electron chi connectivity index (χ3n) is 9.79. The van der Waals surface area contributed by atoms with Gasteiger partial charge in [-0.25, -0.2) is 0 Å². The van der Waals surface area contributed by atoms with Crippen LogP contribution in [0.15, 0.2) is 60.8 Å². The topological polar surface area (TPSA) is 69.6 Å². The molecule has 0 heterocycles. The fraction of sp³-hybridized carbons (Fsp3) is 0.766. The number of aliphatic hydroxyl groups is 2. The molecule has 0 aliphatic carbocycles. The molecule has 4 nitrogen and oxygen atoms in total. The summed E-state index contributed by atoms with van der Waals surface area (Å²) in [5.41, 5.74) is 0. The van der Waals surface area contributed by atoms with Crippen LogP contribution in [0.4, 0.5) is 0 Å². The molecule has 0 saturated carbocycles. The zero-order valence-corrected chi connectivity index (χ0v) is 33.9. The third kappa shape index (κ3) is 39.1. The molecule has 4 heteroatoms. The van der Waals surface area contributed by atoms with Crippen molar-refractivity contribution in [2.45, 2.75) is 225 Å². The molecule has 0 aromatic carbocycles. The van der Waals surface area contributed by atoms with E-state index in [9.17, 15) is 15.0 Å². The number of aliphatic hydroxyl groups excluding tert-OH is 2. The van der Waals surface area contributed by atoms with Gasteiger partial charge in [-0.15, -0.1) is 0 Å². The number of carbonyl (C=O) groups is 1. The molecule has 0 aliphatic heterocycles. The van der Waals surface area contributed by atoms with Crippen molar-refractivity contribution >= 4 is 5.91 Å². The van der Waals surface area contributed by atoms with E-state index in [0.29, 0.717) is 12.8 Å². The maximum atomic E-state index is 12.4. The van der Waals surface area contributed by atoms with Gasteiger partial charge in [0.15, 0.2) is 0 Å². The second kappa shape index (κ2) is 42.5. The molecule has 0 aromatic rings. The Morgan fingerprint density at radius 1 is 0.490 bits per heavy atom. The maximum Gasteiger partial charge on any atom is 0.220 e. The Hall–Kier alpha value is -1.91. The van der Waals surface area contributed by atoms with Crippen LogP contribution in [0.5, 0.6) is 0 Å². The second-order valence-corrected chi connectivity index (χ2v) is 14.7. The Kier molecular flexibility index (Phi) is 40.9. The van der Waals surface area contributed by atoms with Gasteiger partial charge in [-0.2, -0.15) is 0 Å². The fourth-order valence-electron chi connectivity index (χ4n) is 6.45. The van der Waals surface area contributed by atoms with E-state index in [-0.39, 0.29) is 12.5 Å². The summed E-state index contributed by atoms with van der Waals surface area (Å²) in [6.07, 6.45) is 58.8. The average molecular weight is 712 g/mol. The molecule has 0 fully saturated rings. The lowest BCUT2D eigenvalue weighted by molar-refractivity contribution is -0.123. The molecule has 0 radical (unpaired) electrons. The minimum atomic E-state index is -0.685. The van der Waals surface area contributed by atoms with Crippen LogP contribution in [0.1, 0.15) is 213 Å². The van der Waals surface area contributed by atoms with Crippen LogP contribution in [0, 0.1) is 0 Å². The zero-order valence-electron chi connectivity index (χ0n) is 33.9. The van der Waals surface area contributed by atoms with Crippen molar-refractivity contribution < 1.29 is 15.0 Å². The number of allylic oxidation sites excluding steroid dienone is 10. The Balaban J connectivity index is 3.60. The maximum absolute atomic E-state index is 12.4. The lowest BCUT2D eigenvalue weighted by atomic mass is 10.0. The number of rotatable bonds is 39. The van der Waals surface area contributed by atoms with E-state index in [4.69, 9.17) is 0 Å². The van der Waals surface area contributed by atoms with E-state index in [1.54, 1.807) is 0 Å². The molecule has 51 heavy (non-hydrogen) atoms. The van der Waals surface area contributed by atoms with E-state index in [0.717, 1.165) is 57.8 Å². The lowest BCUT2D eigenvalue weighted by Gasteiger charge is -2.22. The lowest BCUT2D eigenvalue weighted by Crippen LogP contribution is -2.45. The van der Waals surface area contributed by atoms with Crippen LogP contribution in [-0.4, -0.2) is 34.9 Å². The van der Waals surface area contributed by atoms with E-state index in [1.165, 1.54) is 128 Å². The average Bonchev–Trinajstić information content (AvgIpc) is 3.13. The summed E-state index contributed by atoms with van der Waals surface area (Å²) in [5.74, 6) is -0.0884. The van der Waals surface area contributed by atoms with Gasteiger partial charge in [0.05, 0.1) is 18.8 Å². The summed E-state index contributed by atoms with van der Waals surface area (Å²) in [6, 6.07) is -0.568. The first kappa shape index (κ1) is 49.1. The van der Waals surface area contributed by atoms with Gasteiger partial charge in [0.2, 0.25) is 5.91 Å². The molecule has 0 aromatic heterocycles. The number of hydrogen-bond acceptors (Lipinski definition) is 3. The molecule has 0 spiro atoms. The Morgan fingerprint density at radius 3 is 1.22 bits per heavy atom. The molecule has 0 aliphatic rings. The molecule has 0 rings (SSSR count). The smallest absolute Gasteiger partial charge is 0.220 e.